The Bertz CT molecular complexity index is 349. The topological polar surface area (TPSA) is 75.7 Å². The fourth-order valence-electron chi connectivity index (χ4n) is 1.69. The van der Waals surface area contributed by atoms with Crippen molar-refractivity contribution in [1.82, 2.24) is 9.62 Å². The number of nitrogens with zero attached hydrogens (tertiary/aromatic N) is 1. The average molecular weight is 250 g/mol. The van der Waals surface area contributed by atoms with Crippen molar-refractivity contribution in [2.45, 2.75) is 24.6 Å². The fraction of sp³-hybridized carbons (Fsp3) is 0.889. The molecule has 1 aliphatic heterocycles. The Morgan fingerprint density at radius 1 is 1.56 bits per heavy atom. The van der Waals surface area contributed by atoms with E-state index < -0.39 is 21.2 Å². The maximum Gasteiger partial charge on any atom is 0.325 e. The van der Waals surface area contributed by atoms with Crippen LogP contribution in [-0.4, -0.2) is 57.2 Å². The first kappa shape index (κ1) is 13.4. The van der Waals surface area contributed by atoms with Gasteiger partial charge in [0.1, 0.15) is 0 Å². The second-order valence-electron chi connectivity index (χ2n) is 3.87. The van der Waals surface area contributed by atoms with E-state index in [-0.39, 0.29) is 6.04 Å². The Kier molecular flexibility index (Phi) is 4.28. The van der Waals surface area contributed by atoms with Gasteiger partial charge in [0, 0.05) is 19.6 Å². The summed E-state index contributed by atoms with van der Waals surface area (Å²) >= 11 is 0. The second kappa shape index (κ2) is 5.11. The molecule has 0 spiro atoms. The Hall–Kier alpha value is -0.660. The monoisotopic (exact) mass is 250 g/mol. The molecule has 7 heteroatoms. The molecule has 1 rings (SSSR count). The Morgan fingerprint density at radius 3 is 2.62 bits per heavy atom. The van der Waals surface area contributed by atoms with Crippen LogP contribution in [0.2, 0.25) is 0 Å². The minimum Gasteiger partial charge on any atom is -0.468 e. The molecule has 0 aromatic rings. The van der Waals surface area contributed by atoms with E-state index in [4.69, 9.17) is 0 Å². The van der Waals surface area contributed by atoms with Gasteiger partial charge in [-0.05, 0) is 19.9 Å². The van der Waals surface area contributed by atoms with Crippen molar-refractivity contribution in [3.05, 3.63) is 0 Å². The quantitative estimate of drug-likeness (QED) is 0.659. The Labute approximate surface area is 96.0 Å². The van der Waals surface area contributed by atoms with Gasteiger partial charge in [-0.3, -0.25) is 4.79 Å². The highest BCUT2D eigenvalue weighted by Crippen LogP contribution is 2.15. The van der Waals surface area contributed by atoms with Crippen molar-refractivity contribution in [1.29, 1.82) is 0 Å². The molecule has 0 amide bonds. The standard InChI is InChI=1S/C9H18N2O4S/c1-7(9(12)15-3)16(13,14)11(2)8-4-5-10-6-8/h7-8,10H,4-6H2,1-3H3. The molecule has 0 bridgehead atoms. The number of methoxy groups -OCH3 is 1. The predicted molar refractivity (Wildman–Crippen MR) is 59.4 cm³/mol. The summed E-state index contributed by atoms with van der Waals surface area (Å²) < 4.78 is 29.8. The van der Waals surface area contributed by atoms with Crippen LogP contribution < -0.4 is 5.32 Å². The number of rotatable bonds is 4. The minimum absolute atomic E-state index is 0.0721. The number of esters is 1. The lowest BCUT2D eigenvalue weighted by Crippen LogP contribution is -2.45. The van der Waals surface area contributed by atoms with Gasteiger partial charge in [0.15, 0.2) is 5.25 Å². The van der Waals surface area contributed by atoms with Crippen LogP contribution in [0, 0.1) is 0 Å². The van der Waals surface area contributed by atoms with Crippen molar-refractivity contribution in [2.24, 2.45) is 0 Å². The molecule has 94 valence electrons. The summed E-state index contributed by atoms with van der Waals surface area (Å²) in [4.78, 5) is 11.2. The summed E-state index contributed by atoms with van der Waals surface area (Å²) in [7, 11) is -0.923. The molecule has 16 heavy (non-hydrogen) atoms. The van der Waals surface area contributed by atoms with E-state index in [1.807, 2.05) is 0 Å². The molecule has 0 aromatic heterocycles. The van der Waals surface area contributed by atoms with E-state index in [1.165, 1.54) is 25.4 Å². The molecule has 1 saturated heterocycles. The molecule has 0 radical (unpaired) electrons. The highest BCUT2D eigenvalue weighted by atomic mass is 32.2. The van der Waals surface area contributed by atoms with E-state index in [2.05, 4.69) is 10.1 Å². The van der Waals surface area contributed by atoms with Crippen LogP contribution in [0.1, 0.15) is 13.3 Å². The number of hydrogen-bond acceptors (Lipinski definition) is 5. The molecule has 1 aliphatic rings. The van der Waals surface area contributed by atoms with Gasteiger partial charge < -0.3 is 10.1 Å². The van der Waals surface area contributed by atoms with E-state index in [0.29, 0.717) is 6.54 Å². The number of carbonyl (C=O) groups excluding carboxylic acids is 1. The van der Waals surface area contributed by atoms with Crippen LogP contribution in [0.5, 0.6) is 0 Å². The minimum atomic E-state index is -3.61. The maximum absolute atomic E-state index is 12.0. The molecular formula is C9H18N2O4S. The van der Waals surface area contributed by atoms with Gasteiger partial charge in [-0.15, -0.1) is 0 Å². The van der Waals surface area contributed by atoms with Crippen LogP contribution >= 0.6 is 0 Å². The molecule has 1 heterocycles. The summed E-state index contributed by atoms with van der Waals surface area (Å²) in [5.74, 6) is -0.724. The molecule has 2 unspecified atom stereocenters. The van der Waals surface area contributed by atoms with Gasteiger partial charge in [0.2, 0.25) is 10.0 Å². The molecule has 6 nitrogen and oxygen atoms in total. The van der Waals surface area contributed by atoms with E-state index in [9.17, 15) is 13.2 Å². The van der Waals surface area contributed by atoms with Crippen LogP contribution in [0.4, 0.5) is 0 Å². The van der Waals surface area contributed by atoms with Crippen molar-refractivity contribution in [3.63, 3.8) is 0 Å². The summed E-state index contributed by atoms with van der Waals surface area (Å²) in [5, 5.41) is 1.94. The molecule has 1 fully saturated rings. The van der Waals surface area contributed by atoms with Crippen molar-refractivity contribution in [3.8, 4) is 0 Å². The summed E-state index contributed by atoms with van der Waals surface area (Å²) in [6.07, 6.45) is 0.767. The molecule has 0 saturated carbocycles. The van der Waals surface area contributed by atoms with E-state index in [0.717, 1.165) is 13.0 Å². The van der Waals surface area contributed by atoms with Gasteiger partial charge in [0.05, 0.1) is 7.11 Å². The van der Waals surface area contributed by atoms with Crippen LogP contribution in [0.15, 0.2) is 0 Å². The highest BCUT2D eigenvalue weighted by Gasteiger charge is 2.36. The number of hydrogen-bond donors (Lipinski definition) is 1. The zero-order chi connectivity index (χ0) is 12.3. The second-order valence-corrected chi connectivity index (χ2v) is 6.19. The number of likely N-dealkylation sites (N-methyl/N-ethyl adjacent to an activating group) is 1. The van der Waals surface area contributed by atoms with Gasteiger partial charge in [-0.25, -0.2) is 8.42 Å². The normalized spacial score (nSPS) is 23.4. The van der Waals surface area contributed by atoms with E-state index >= 15 is 0 Å². The lowest BCUT2D eigenvalue weighted by molar-refractivity contribution is -0.139. The smallest absolute Gasteiger partial charge is 0.325 e. The van der Waals surface area contributed by atoms with Crippen LogP contribution in [0.3, 0.4) is 0 Å². The van der Waals surface area contributed by atoms with Crippen LogP contribution in [0.25, 0.3) is 0 Å². The zero-order valence-electron chi connectivity index (χ0n) is 9.76. The Morgan fingerprint density at radius 2 is 2.19 bits per heavy atom. The van der Waals surface area contributed by atoms with Gasteiger partial charge in [-0.2, -0.15) is 4.31 Å². The van der Waals surface area contributed by atoms with Gasteiger partial charge in [-0.1, -0.05) is 0 Å². The third-order valence-corrected chi connectivity index (χ3v) is 5.12. The number of ether oxygens (including phenoxy) is 1. The largest absolute Gasteiger partial charge is 0.468 e. The third-order valence-electron chi connectivity index (χ3n) is 2.93. The fourth-order valence-corrected chi connectivity index (χ4v) is 3.13. The number of nitrogens with one attached hydrogen (secondary N) is 1. The first-order valence-corrected chi connectivity index (χ1v) is 6.67. The summed E-state index contributed by atoms with van der Waals surface area (Å²) in [5.41, 5.74) is 0. The Balaban J connectivity index is 2.79. The molecular weight excluding hydrogens is 232 g/mol. The first-order valence-electron chi connectivity index (χ1n) is 5.16. The van der Waals surface area contributed by atoms with Crippen molar-refractivity contribution >= 4 is 16.0 Å². The van der Waals surface area contributed by atoms with Gasteiger partial charge >= 0.3 is 5.97 Å². The van der Waals surface area contributed by atoms with Crippen LogP contribution in [-0.2, 0) is 19.6 Å². The third kappa shape index (κ3) is 2.53. The van der Waals surface area contributed by atoms with E-state index in [1.54, 1.807) is 0 Å². The SMILES string of the molecule is COC(=O)C(C)S(=O)(=O)N(C)C1CCNC1. The lowest BCUT2D eigenvalue weighted by Gasteiger charge is -2.25. The van der Waals surface area contributed by atoms with Crippen molar-refractivity contribution < 1.29 is 17.9 Å². The van der Waals surface area contributed by atoms with Gasteiger partial charge in [0.25, 0.3) is 0 Å². The lowest BCUT2D eigenvalue weighted by atomic mass is 10.3. The summed E-state index contributed by atoms with van der Waals surface area (Å²) in [6.45, 7) is 2.78. The molecule has 1 N–H and O–H groups in total. The molecule has 2 atom stereocenters. The zero-order valence-corrected chi connectivity index (χ0v) is 10.6. The van der Waals surface area contributed by atoms with Crippen molar-refractivity contribution in [2.75, 3.05) is 27.2 Å². The number of sulfonamides is 1. The highest BCUT2D eigenvalue weighted by molar-refractivity contribution is 7.90. The summed E-state index contributed by atoms with van der Waals surface area (Å²) in [6, 6.07) is -0.0721. The number of carbonyl (C=O) groups is 1. The molecule has 0 aliphatic carbocycles. The maximum atomic E-state index is 12.0. The predicted octanol–water partition coefficient (Wildman–Crippen LogP) is -0.829. The first-order chi connectivity index (χ1) is 7.41. The average Bonchev–Trinajstić information content (AvgIpc) is 2.79. The molecule has 0 aromatic carbocycles.